The number of fused-ring (bicyclic) bond motifs is 1. The van der Waals surface area contributed by atoms with Gasteiger partial charge in [-0.1, -0.05) is 36.4 Å². The van der Waals surface area contributed by atoms with Crippen LogP contribution in [-0.4, -0.2) is 66.1 Å². The number of phenols is 2. The van der Waals surface area contributed by atoms with Crippen molar-refractivity contribution < 1.29 is 47.9 Å². The second-order valence-corrected chi connectivity index (χ2v) is 10.3. The Kier molecular flexibility index (Phi) is 9.24. The molecule has 0 aliphatic carbocycles. The largest absolute Gasteiger partial charge is 0.508 e. The molecule has 2 aliphatic heterocycles. The monoisotopic (exact) mass is 592 g/mol. The third kappa shape index (κ3) is 7.50. The van der Waals surface area contributed by atoms with E-state index in [9.17, 15) is 24.6 Å². The standard InChI is InChI=1S/C32H32O11/c1-18(33)38-15-24-4-3-5-30(42-24)43-27-11-10-23(41-29(27)17-39-19(2)34)12-20-13-26(36)31-28(14-20)40-16-25(32(31)37)21-6-8-22(35)9-7-21/h3-4,6-11,13-14,16,23-24,27,29-30,35-36H,5,12,15,17H2,1-2H3. The first-order valence-corrected chi connectivity index (χ1v) is 13.8. The minimum absolute atomic E-state index is 0.0455. The zero-order valence-corrected chi connectivity index (χ0v) is 23.6. The van der Waals surface area contributed by atoms with Gasteiger partial charge >= 0.3 is 11.9 Å². The van der Waals surface area contributed by atoms with Gasteiger partial charge in [0.05, 0.1) is 11.7 Å². The summed E-state index contributed by atoms with van der Waals surface area (Å²) in [6.07, 6.45) is 6.64. The number of rotatable bonds is 9. The van der Waals surface area contributed by atoms with Gasteiger partial charge in [0.2, 0.25) is 5.43 Å². The molecule has 11 heteroatoms. The number of esters is 2. The molecule has 43 heavy (non-hydrogen) atoms. The van der Waals surface area contributed by atoms with E-state index in [1.54, 1.807) is 24.3 Å². The number of benzene rings is 2. The summed E-state index contributed by atoms with van der Waals surface area (Å²) >= 11 is 0. The summed E-state index contributed by atoms with van der Waals surface area (Å²) in [6, 6.07) is 9.27. The number of phenolic OH excluding ortho intramolecular Hbond substituents is 2. The van der Waals surface area contributed by atoms with Gasteiger partial charge in [0, 0.05) is 26.7 Å². The Balaban J connectivity index is 1.31. The predicted molar refractivity (Wildman–Crippen MR) is 153 cm³/mol. The summed E-state index contributed by atoms with van der Waals surface area (Å²) in [6.45, 7) is 2.64. The maximum atomic E-state index is 13.2. The molecular weight excluding hydrogens is 560 g/mol. The molecule has 3 aromatic rings. The molecule has 0 amide bonds. The fourth-order valence-corrected chi connectivity index (χ4v) is 4.96. The average molecular weight is 593 g/mol. The maximum absolute atomic E-state index is 13.2. The van der Waals surface area contributed by atoms with Crippen molar-refractivity contribution in [2.45, 2.75) is 57.4 Å². The van der Waals surface area contributed by atoms with Crippen LogP contribution in [0.3, 0.4) is 0 Å². The van der Waals surface area contributed by atoms with Gasteiger partial charge < -0.3 is 38.3 Å². The topological polar surface area (TPSA) is 151 Å². The summed E-state index contributed by atoms with van der Waals surface area (Å²) in [5.41, 5.74) is 1.26. The van der Waals surface area contributed by atoms with E-state index < -0.39 is 48.1 Å². The minimum atomic E-state index is -0.653. The van der Waals surface area contributed by atoms with Gasteiger partial charge in [-0.15, -0.1) is 0 Å². The average Bonchev–Trinajstić information content (AvgIpc) is 2.97. The molecule has 0 spiro atoms. The van der Waals surface area contributed by atoms with Crippen LogP contribution < -0.4 is 5.43 Å². The van der Waals surface area contributed by atoms with Crippen molar-refractivity contribution in [2.24, 2.45) is 0 Å². The Morgan fingerprint density at radius 3 is 2.42 bits per heavy atom. The van der Waals surface area contributed by atoms with Crippen LogP contribution in [0, 0.1) is 0 Å². The maximum Gasteiger partial charge on any atom is 0.302 e. The quantitative estimate of drug-likeness (QED) is 0.275. The highest BCUT2D eigenvalue weighted by molar-refractivity contribution is 5.87. The third-order valence-corrected chi connectivity index (χ3v) is 6.98. The van der Waals surface area contributed by atoms with E-state index in [0.29, 0.717) is 24.0 Å². The van der Waals surface area contributed by atoms with E-state index in [-0.39, 0.29) is 41.2 Å². The molecule has 2 aliphatic rings. The fourth-order valence-electron chi connectivity index (χ4n) is 4.96. The smallest absolute Gasteiger partial charge is 0.302 e. The predicted octanol–water partition coefficient (Wildman–Crippen LogP) is 3.92. The number of ether oxygens (including phenoxy) is 5. The molecule has 226 valence electrons. The summed E-state index contributed by atoms with van der Waals surface area (Å²) < 4.78 is 34.3. The SMILES string of the molecule is CC(=O)OCC1C=CCC(OC2C=CC(Cc3cc(O)c4c(=O)c(-c5ccc(O)cc5)coc4c3)OC2COC(C)=O)O1. The fraction of sp³-hybridized carbons (Fsp3) is 0.344. The van der Waals surface area contributed by atoms with E-state index in [1.165, 1.54) is 38.3 Å². The molecule has 11 nitrogen and oxygen atoms in total. The van der Waals surface area contributed by atoms with Crippen molar-refractivity contribution in [2.75, 3.05) is 13.2 Å². The molecule has 5 rings (SSSR count). The van der Waals surface area contributed by atoms with Gasteiger partial charge in [-0.2, -0.15) is 0 Å². The molecule has 0 saturated heterocycles. The van der Waals surface area contributed by atoms with Crippen LogP contribution in [-0.2, 0) is 39.7 Å². The van der Waals surface area contributed by atoms with Crippen LogP contribution >= 0.6 is 0 Å². The Labute approximate surface area is 246 Å². The van der Waals surface area contributed by atoms with Crippen LogP contribution in [0.1, 0.15) is 25.8 Å². The summed E-state index contributed by atoms with van der Waals surface area (Å²) in [5, 5.41) is 20.4. The first-order chi connectivity index (χ1) is 20.7. The lowest BCUT2D eigenvalue weighted by atomic mass is 10.00. The molecular formula is C32H32O11. The molecule has 5 unspecified atom stereocenters. The zero-order valence-electron chi connectivity index (χ0n) is 23.6. The molecule has 3 heterocycles. The Morgan fingerprint density at radius 2 is 1.67 bits per heavy atom. The van der Waals surface area contributed by atoms with Crippen LogP contribution in [0.2, 0.25) is 0 Å². The van der Waals surface area contributed by atoms with E-state index >= 15 is 0 Å². The lowest BCUT2D eigenvalue weighted by molar-refractivity contribution is -0.218. The zero-order chi connectivity index (χ0) is 30.5. The molecule has 5 atom stereocenters. The summed E-state index contributed by atoms with van der Waals surface area (Å²) in [7, 11) is 0. The van der Waals surface area contributed by atoms with Crippen molar-refractivity contribution in [1.82, 2.24) is 0 Å². The van der Waals surface area contributed by atoms with Gasteiger partial charge in [-0.3, -0.25) is 14.4 Å². The highest BCUT2D eigenvalue weighted by atomic mass is 16.7. The van der Waals surface area contributed by atoms with Gasteiger partial charge in [0.15, 0.2) is 6.29 Å². The number of carbonyl (C=O) groups is 2. The van der Waals surface area contributed by atoms with Crippen molar-refractivity contribution >= 4 is 22.9 Å². The van der Waals surface area contributed by atoms with Gasteiger partial charge in [0.1, 0.15) is 60.3 Å². The van der Waals surface area contributed by atoms with Crippen molar-refractivity contribution in [3.8, 4) is 22.6 Å². The number of hydrogen-bond acceptors (Lipinski definition) is 11. The van der Waals surface area contributed by atoms with Crippen LogP contribution in [0.25, 0.3) is 22.1 Å². The molecule has 0 fully saturated rings. The Morgan fingerprint density at radius 1 is 0.930 bits per heavy atom. The lowest BCUT2D eigenvalue weighted by Crippen LogP contribution is -2.44. The normalized spacial score (nSPS) is 23.3. The van der Waals surface area contributed by atoms with Crippen molar-refractivity contribution in [3.63, 3.8) is 0 Å². The van der Waals surface area contributed by atoms with Crippen molar-refractivity contribution in [3.05, 3.63) is 82.8 Å². The van der Waals surface area contributed by atoms with Crippen LogP contribution in [0.5, 0.6) is 11.5 Å². The number of hydrogen-bond donors (Lipinski definition) is 2. The van der Waals surface area contributed by atoms with Crippen molar-refractivity contribution in [1.29, 1.82) is 0 Å². The Hall–Kier alpha value is -4.45. The number of aromatic hydroxyl groups is 2. The summed E-state index contributed by atoms with van der Waals surface area (Å²) in [4.78, 5) is 35.9. The lowest BCUT2D eigenvalue weighted by Gasteiger charge is -2.35. The summed E-state index contributed by atoms with van der Waals surface area (Å²) in [5.74, 6) is -1.03. The van der Waals surface area contributed by atoms with Crippen LogP contribution in [0.4, 0.5) is 0 Å². The van der Waals surface area contributed by atoms with E-state index in [1.807, 2.05) is 18.2 Å². The first-order valence-electron chi connectivity index (χ1n) is 13.8. The Bertz CT molecular complexity index is 1590. The molecule has 2 aromatic carbocycles. The van der Waals surface area contributed by atoms with Crippen LogP contribution in [0.15, 0.2) is 76.2 Å². The second-order valence-electron chi connectivity index (χ2n) is 10.3. The number of carbonyl (C=O) groups excluding carboxylic acids is 2. The third-order valence-electron chi connectivity index (χ3n) is 6.98. The van der Waals surface area contributed by atoms with E-state index in [2.05, 4.69) is 0 Å². The molecule has 1 aromatic heterocycles. The first kappa shape index (κ1) is 30.0. The highest BCUT2D eigenvalue weighted by Crippen LogP contribution is 2.30. The minimum Gasteiger partial charge on any atom is -0.508 e. The molecule has 0 radical (unpaired) electrons. The van der Waals surface area contributed by atoms with Gasteiger partial charge in [0.25, 0.3) is 0 Å². The van der Waals surface area contributed by atoms with E-state index in [4.69, 9.17) is 28.1 Å². The molecule has 2 N–H and O–H groups in total. The highest BCUT2D eigenvalue weighted by Gasteiger charge is 2.33. The molecule has 0 bridgehead atoms. The van der Waals surface area contributed by atoms with E-state index in [0.717, 1.165) is 0 Å². The second kappa shape index (κ2) is 13.2. The molecule has 0 saturated carbocycles. The van der Waals surface area contributed by atoms with Gasteiger partial charge in [-0.25, -0.2) is 0 Å². The van der Waals surface area contributed by atoms with Gasteiger partial charge in [-0.05, 0) is 35.4 Å².